The Morgan fingerprint density at radius 2 is 2.33 bits per heavy atom. The summed E-state index contributed by atoms with van der Waals surface area (Å²) in [7, 11) is 0. The van der Waals surface area contributed by atoms with E-state index in [-0.39, 0.29) is 5.91 Å². The van der Waals surface area contributed by atoms with Crippen LogP contribution in [0.1, 0.15) is 49.3 Å². The van der Waals surface area contributed by atoms with E-state index in [0.717, 1.165) is 43.9 Å². The maximum absolute atomic E-state index is 12.3. The van der Waals surface area contributed by atoms with E-state index in [1.807, 2.05) is 4.90 Å². The molecule has 100 valence electrons. The number of carbonyl (C=O) groups is 1. The summed E-state index contributed by atoms with van der Waals surface area (Å²) in [5.74, 6) is 0.0430. The lowest BCUT2D eigenvalue weighted by Crippen LogP contribution is -2.35. The molecule has 1 N–H and O–H groups in total. The van der Waals surface area contributed by atoms with Crippen LogP contribution >= 0.6 is 11.3 Å². The van der Waals surface area contributed by atoms with E-state index in [0.29, 0.717) is 11.0 Å². The van der Waals surface area contributed by atoms with Crippen LogP contribution in [0.25, 0.3) is 0 Å². The van der Waals surface area contributed by atoms with Gasteiger partial charge in [0.2, 0.25) is 10.1 Å². The molecule has 1 aliphatic heterocycles. The fourth-order valence-electron chi connectivity index (χ4n) is 2.26. The minimum absolute atomic E-state index is 0.0430. The Labute approximate surface area is 112 Å². The predicted octanol–water partition coefficient (Wildman–Crippen LogP) is 2.37. The number of carbonyl (C=O) groups excluding carboxylic acids is 1. The summed E-state index contributed by atoms with van der Waals surface area (Å²) in [6.07, 6.45) is 4.27. The van der Waals surface area contributed by atoms with Crippen molar-refractivity contribution in [1.29, 1.82) is 0 Å². The molecule has 18 heavy (non-hydrogen) atoms. The van der Waals surface area contributed by atoms with Crippen LogP contribution in [-0.4, -0.2) is 40.1 Å². The summed E-state index contributed by atoms with van der Waals surface area (Å²) in [6, 6.07) is 0.383. The minimum Gasteiger partial charge on any atom is -0.360 e. The van der Waals surface area contributed by atoms with Gasteiger partial charge in [-0.25, -0.2) is 0 Å². The second kappa shape index (κ2) is 6.13. The third-order valence-electron chi connectivity index (χ3n) is 3.24. The Kier molecular flexibility index (Phi) is 4.52. The van der Waals surface area contributed by atoms with Gasteiger partial charge in [0.15, 0.2) is 0 Å². The van der Waals surface area contributed by atoms with E-state index in [4.69, 9.17) is 0 Å². The highest BCUT2D eigenvalue weighted by molar-refractivity contribution is 7.17. The summed E-state index contributed by atoms with van der Waals surface area (Å²) in [5, 5.41) is 12.4. The first kappa shape index (κ1) is 13.3. The zero-order chi connectivity index (χ0) is 13.0. The third kappa shape index (κ3) is 2.80. The van der Waals surface area contributed by atoms with Gasteiger partial charge in [0.25, 0.3) is 5.91 Å². The Hall–Kier alpha value is -1.17. The molecule has 0 aromatic carbocycles. The molecule has 0 saturated carbocycles. The highest BCUT2D eigenvalue weighted by atomic mass is 32.1. The van der Waals surface area contributed by atoms with Crippen molar-refractivity contribution in [2.24, 2.45) is 0 Å². The van der Waals surface area contributed by atoms with Gasteiger partial charge in [0, 0.05) is 19.1 Å². The maximum Gasteiger partial charge on any atom is 0.285 e. The number of rotatable bonds is 5. The van der Waals surface area contributed by atoms with E-state index in [2.05, 4.69) is 29.4 Å². The van der Waals surface area contributed by atoms with Crippen LogP contribution in [0.5, 0.6) is 0 Å². The van der Waals surface area contributed by atoms with Crippen molar-refractivity contribution in [2.45, 2.75) is 45.6 Å². The van der Waals surface area contributed by atoms with Crippen molar-refractivity contribution in [2.75, 3.05) is 18.4 Å². The molecule has 0 spiro atoms. The summed E-state index contributed by atoms with van der Waals surface area (Å²) >= 11 is 1.36. The van der Waals surface area contributed by atoms with Crippen LogP contribution in [0.3, 0.4) is 0 Å². The third-order valence-corrected chi connectivity index (χ3v) is 4.11. The number of hydrogen-bond acceptors (Lipinski definition) is 5. The number of hydrogen-bond donors (Lipinski definition) is 1. The zero-order valence-corrected chi connectivity index (χ0v) is 11.8. The van der Waals surface area contributed by atoms with Crippen molar-refractivity contribution < 1.29 is 4.79 Å². The van der Waals surface area contributed by atoms with E-state index in [1.54, 1.807) is 0 Å². The molecule has 0 bridgehead atoms. The van der Waals surface area contributed by atoms with Crippen molar-refractivity contribution in [3.05, 3.63) is 5.01 Å². The minimum atomic E-state index is 0.0430. The van der Waals surface area contributed by atoms with Gasteiger partial charge < -0.3 is 10.2 Å². The Morgan fingerprint density at radius 3 is 3.06 bits per heavy atom. The van der Waals surface area contributed by atoms with Gasteiger partial charge in [-0.05, 0) is 25.7 Å². The molecule has 5 nitrogen and oxygen atoms in total. The first-order valence-corrected chi connectivity index (χ1v) is 7.46. The standard InChI is InChI=1S/C12H20N4OS/c1-3-7-13-12-15-14-10(18-12)11(17)16-8-5-6-9(16)4-2/h9H,3-8H2,1-2H3,(H,13,15). The van der Waals surface area contributed by atoms with Crippen LogP contribution in [0.4, 0.5) is 5.13 Å². The number of likely N-dealkylation sites (tertiary alicyclic amines) is 1. The first-order chi connectivity index (χ1) is 8.76. The van der Waals surface area contributed by atoms with Gasteiger partial charge in [0.1, 0.15) is 0 Å². The second-order valence-corrected chi connectivity index (χ2v) is 5.52. The number of aromatic nitrogens is 2. The number of nitrogens with one attached hydrogen (secondary N) is 1. The van der Waals surface area contributed by atoms with Gasteiger partial charge >= 0.3 is 0 Å². The van der Waals surface area contributed by atoms with E-state index in [1.165, 1.54) is 11.3 Å². The van der Waals surface area contributed by atoms with Crippen molar-refractivity contribution >= 4 is 22.4 Å². The van der Waals surface area contributed by atoms with E-state index in [9.17, 15) is 4.79 Å². The topological polar surface area (TPSA) is 58.1 Å². The van der Waals surface area contributed by atoms with Crippen LogP contribution in [0, 0.1) is 0 Å². The number of nitrogens with zero attached hydrogens (tertiary/aromatic N) is 3. The largest absolute Gasteiger partial charge is 0.360 e. The Morgan fingerprint density at radius 1 is 1.50 bits per heavy atom. The fraction of sp³-hybridized carbons (Fsp3) is 0.750. The quantitative estimate of drug-likeness (QED) is 0.890. The average molecular weight is 268 g/mol. The lowest BCUT2D eigenvalue weighted by atomic mass is 10.2. The van der Waals surface area contributed by atoms with Gasteiger partial charge in [-0.15, -0.1) is 10.2 Å². The fourth-order valence-corrected chi connectivity index (χ4v) is 2.99. The number of anilines is 1. The maximum atomic E-state index is 12.3. The van der Waals surface area contributed by atoms with Crippen LogP contribution in [0.15, 0.2) is 0 Å². The molecule has 1 atom stereocenters. The molecular formula is C12H20N4OS. The second-order valence-electron chi connectivity index (χ2n) is 4.54. The molecule has 6 heteroatoms. The molecule has 2 heterocycles. The molecule has 2 rings (SSSR count). The van der Waals surface area contributed by atoms with Crippen molar-refractivity contribution in [3.63, 3.8) is 0 Å². The molecule has 1 amide bonds. The van der Waals surface area contributed by atoms with Gasteiger partial charge in [0.05, 0.1) is 0 Å². The van der Waals surface area contributed by atoms with Gasteiger partial charge in [-0.1, -0.05) is 25.2 Å². The zero-order valence-electron chi connectivity index (χ0n) is 11.0. The molecule has 1 fully saturated rings. The van der Waals surface area contributed by atoms with Crippen LogP contribution in [-0.2, 0) is 0 Å². The first-order valence-electron chi connectivity index (χ1n) is 6.64. The monoisotopic (exact) mass is 268 g/mol. The summed E-state index contributed by atoms with van der Waals surface area (Å²) in [6.45, 7) is 5.94. The van der Waals surface area contributed by atoms with E-state index >= 15 is 0 Å². The van der Waals surface area contributed by atoms with Crippen molar-refractivity contribution in [3.8, 4) is 0 Å². The van der Waals surface area contributed by atoms with Crippen LogP contribution in [0.2, 0.25) is 0 Å². The Balaban J connectivity index is 2.02. The SMILES string of the molecule is CCCNc1nnc(C(=O)N2CCCC2CC)s1. The molecule has 1 unspecified atom stereocenters. The van der Waals surface area contributed by atoms with Crippen molar-refractivity contribution in [1.82, 2.24) is 15.1 Å². The average Bonchev–Trinajstić information content (AvgIpc) is 3.04. The normalized spacial score (nSPS) is 19.2. The summed E-state index contributed by atoms with van der Waals surface area (Å²) < 4.78 is 0. The van der Waals surface area contributed by atoms with Crippen LogP contribution < -0.4 is 5.32 Å². The lowest BCUT2D eigenvalue weighted by Gasteiger charge is -2.21. The number of amides is 1. The van der Waals surface area contributed by atoms with Gasteiger partial charge in [-0.3, -0.25) is 4.79 Å². The highest BCUT2D eigenvalue weighted by Gasteiger charge is 2.30. The highest BCUT2D eigenvalue weighted by Crippen LogP contribution is 2.24. The summed E-state index contributed by atoms with van der Waals surface area (Å²) in [5.41, 5.74) is 0. The lowest BCUT2D eigenvalue weighted by molar-refractivity contribution is 0.0732. The van der Waals surface area contributed by atoms with Gasteiger partial charge in [-0.2, -0.15) is 0 Å². The molecule has 1 aromatic heterocycles. The molecular weight excluding hydrogens is 248 g/mol. The Bertz CT molecular complexity index is 407. The molecule has 0 aliphatic carbocycles. The molecule has 1 aromatic rings. The molecule has 1 saturated heterocycles. The molecule has 0 radical (unpaired) electrons. The van der Waals surface area contributed by atoms with E-state index < -0.39 is 0 Å². The summed E-state index contributed by atoms with van der Waals surface area (Å²) in [4.78, 5) is 14.3. The smallest absolute Gasteiger partial charge is 0.285 e. The predicted molar refractivity (Wildman–Crippen MR) is 73.0 cm³/mol. The molecule has 1 aliphatic rings.